The maximum Gasteiger partial charge on any atom is 0.163 e. The number of hydrogen-bond acceptors (Lipinski definition) is 6. The second-order valence-electron chi connectivity index (χ2n) is 4.80. The van der Waals surface area contributed by atoms with Gasteiger partial charge < -0.3 is 5.32 Å². The summed E-state index contributed by atoms with van der Waals surface area (Å²) in [7, 11) is 1.88. The summed E-state index contributed by atoms with van der Waals surface area (Å²) < 4.78 is 1.76. The number of nitrogens with one attached hydrogen (secondary N) is 1. The Labute approximate surface area is 124 Å². The third-order valence-corrected chi connectivity index (χ3v) is 3.33. The molecule has 7 nitrogen and oxygen atoms in total. The van der Waals surface area contributed by atoms with E-state index < -0.39 is 0 Å². The van der Waals surface area contributed by atoms with E-state index in [9.17, 15) is 0 Å². The zero-order valence-electron chi connectivity index (χ0n) is 12.8. The predicted molar refractivity (Wildman–Crippen MR) is 81.6 cm³/mol. The fourth-order valence-corrected chi connectivity index (χ4v) is 2.20. The zero-order chi connectivity index (χ0) is 15.2. The molecule has 0 saturated carbocycles. The van der Waals surface area contributed by atoms with E-state index in [1.54, 1.807) is 10.9 Å². The van der Waals surface area contributed by atoms with Crippen LogP contribution in [0.2, 0.25) is 0 Å². The smallest absolute Gasteiger partial charge is 0.163 e. The van der Waals surface area contributed by atoms with Crippen LogP contribution in [0.5, 0.6) is 0 Å². The molecule has 0 aliphatic heterocycles. The molecule has 0 amide bonds. The van der Waals surface area contributed by atoms with Crippen LogP contribution in [-0.2, 0) is 13.6 Å². The molecule has 2 heterocycles. The van der Waals surface area contributed by atoms with E-state index in [4.69, 9.17) is 5.26 Å². The van der Waals surface area contributed by atoms with Crippen LogP contribution in [-0.4, -0.2) is 44.3 Å². The lowest BCUT2D eigenvalue weighted by atomic mass is 10.3. The lowest BCUT2D eigenvalue weighted by molar-refractivity contribution is 0.280. The fraction of sp³-hybridized carbons (Fsp3) is 0.571. The maximum absolute atomic E-state index is 8.71. The van der Waals surface area contributed by atoms with E-state index in [-0.39, 0.29) is 0 Å². The van der Waals surface area contributed by atoms with Gasteiger partial charge in [0.05, 0.1) is 24.2 Å². The molecule has 2 aromatic rings. The number of hydrogen-bond donors (Lipinski definition) is 1. The maximum atomic E-state index is 8.71. The summed E-state index contributed by atoms with van der Waals surface area (Å²) >= 11 is 0. The first-order valence-electron chi connectivity index (χ1n) is 7.21. The minimum absolute atomic E-state index is 0.516. The molecule has 21 heavy (non-hydrogen) atoms. The first kappa shape index (κ1) is 15.2. The Morgan fingerprint density at radius 3 is 2.86 bits per heavy atom. The van der Waals surface area contributed by atoms with Crippen molar-refractivity contribution in [2.75, 3.05) is 25.0 Å². The van der Waals surface area contributed by atoms with Gasteiger partial charge in [0, 0.05) is 26.6 Å². The van der Waals surface area contributed by atoms with E-state index in [2.05, 4.69) is 38.3 Å². The van der Waals surface area contributed by atoms with Crippen molar-refractivity contribution in [3.8, 4) is 6.07 Å². The van der Waals surface area contributed by atoms with Gasteiger partial charge in [-0.2, -0.15) is 10.4 Å². The summed E-state index contributed by atoms with van der Waals surface area (Å²) in [6, 6.07) is 2.18. The molecule has 7 heteroatoms. The number of nitriles is 1. The van der Waals surface area contributed by atoms with Crippen molar-refractivity contribution in [3.05, 3.63) is 12.0 Å². The molecular formula is C14H21N7. The first-order chi connectivity index (χ1) is 10.2. The molecule has 0 aliphatic rings. The third kappa shape index (κ3) is 3.47. The standard InChI is InChI=1S/C14H21N7/c1-4-16-13-11-9-17-20(3)14(11)19-12(18-13)10-21(5-2)8-6-7-15/h9H,4-6,8,10H2,1-3H3,(H,16,18,19). The molecule has 0 fully saturated rings. The zero-order valence-corrected chi connectivity index (χ0v) is 12.8. The van der Waals surface area contributed by atoms with E-state index in [0.717, 1.165) is 42.3 Å². The molecular weight excluding hydrogens is 266 g/mol. The van der Waals surface area contributed by atoms with Crippen LogP contribution in [0, 0.1) is 11.3 Å². The highest BCUT2D eigenvalue weighted by Gasteiger charge is 2.13. The highest BCUT2D eigenvalue weighted by atomic mass is 15.3. The molecule has 0 aromatic carbocycles. The Hall–Kier alpha value is -2.20. The number of aryl methyl sites for hydroxylation is 1. The van der Waals surface area contributed by atoms with Gasteiger partial charge >= 0.3 is 0 Å². The second-order valence-corrected chi connectivity index (χ2v) is 4.80. The molecule has 0 saturated heterocycles. The third-order valence-electron chi connectivity index (χ3n) is 3.33. The van der Waals surface area contributed by atoms with Gasteiger partial charge in [0.1, 0.15) is 11.6 Å². The quantitative estimate of drug-likeness (QED) is 0.831. The van der Waals surface area contributed by atoms with Crippen molar-refractivity contribution in [1.82, 2.24) is 24.6 Å². The fourth-order valence-electron chi connectivity index (χ4n) is 2.20. The minimum atomic E-state index is 0.516. The normalized spacial score (nSPS) is 11.0. The minimum Gasteiger partial charge on any atom is -0.370 e. The molecule has 0 radical (unpaired) electrons. The number of rotatable bonds is 7. The second kappa shape index (κ2) is 6.99. The van der Waals surface area contributed by atoms with Gasteiger partial charge in [-0.15, -0.1) is 0 Å². The highest BCUT2D eigenvalue weighted by molar-refractivity contribution is 5.86. The van der Waals surface area contributed by atoms with E-state index >= 15 is 0 Å². The van der Waals surface area contributed by atoms with Crippen LogP contribution < -0.4 is 5.32 Å². The Balaban J connectivity index is 2.30. The van der Waals surface area contributed by atoms with Gasteiger partial charge in [-0.05, 0) is 13.5 Å². The summed E-state index contributed by atoms with van der Waals surface area (Å²) in [4.78, 5) is 11.4. The Kier molecular flexibility index (Phi) is 5.06. The Morgan fingerprint density at radius 1 is 1.38 bits per heavy atom. The molecule has 0 atom stereocenters. The van der Waals surface area contributed by atoms with Crippen molar-refractivity contribution >= 4 is 16.9 Å². The van der Waals surface area contributed by atoms with Crippen molar-refractivity contribution in [2.45, 2.75) is 26.8 Å². The van der Waals surface area contributed by atoms with Crippen LogP contribution in [0.1, 0.15) is 26.1 Å². The van der Waals surface area contributed by atoms with E-state index in [1.165, 1.54) is 0 Å². The molecule has 0 bridgehead atoms. The summed E-state index contributed by atoms with van der Waals surface area (Å²) in [5.74, 6) is 1.57. The lowest BCUT2D eigenvalue weighted by Gasteiger charge is -2.18. The van der Waals surface area contributed by atoms with Crippen LogP contribution >= 0.6 is 0 Å². The van der Waals surface area contributed by atoms with Crippen molar-refractivity contribution in [3.63, 3.8) is 0 Å². The van der Waals surface area contributed by atoms with Crippen LogP contribution in [0.3, 0.4) is 0 Å². The number of aromatic nitrogens is 4. The van der Waals surface area contributed by atoms with Crippen molar-refractivity contribution in [1.29, 1.82) is 5.26 Å². The number of fused-ring (bicyclic) bond motifs is 1. The van der Waals surface area contributed by atoms with E-state index in [1.807, 2.05) is 14.0 Å². The average molecular weight is 287 g/mol. The van der Waals surface area contributed by atoms with Crippen LogP contribution in [0.25, 0.3) is 11.0 Å². The van der Waals surface area contributed by atoms with Gasteiger partial charge in [-0.3, -0.25) is 9.58 Å². The summed E-state index contributed by atoms with van der Waals surface area (Å²) in [5.41, 5.74) is 0.826. The summed E-state index contributed by atoms with van der Waals surface area (Å²) in [6.45, 7) is 7.14. The molecule has 1 N–H and O–H groups in total. The monoisotopic (exact) mass is 287 g/mol. The van der Waals surface area contributed by atoms with Crippen molar-refractivity contribution in [2.24, 2.45) is 7.05 Å². The van der Waals surface area contributed by atoms with Gasteiger partial charge in [-0.25, -0.2) is 9.97 Å². The molecule has 0 spiro atoms. The number of anilines is 1. The lowest BCUT2D eigenvalue weighted by Crippen LogP contribution is -2.25. The Bertz CT molecular complexity index is 641. The largest absolute Gasteiger partial charge is 0.370 e. The molecule has 2 aromatic heterocycles. The van der Waals surface area contributed by atoms with Crippen LogP contribution in [0.4, 0.5) is 5.82 Å². The first-order valence-corrected chi connectivity index (χ1v) is 7.21. The SMILES string of the molecule is CCNc1nc(CN(CC)CCC#N)nc2c1cnn2C. The molecule has 2 rings (SSSR count). The average Bonchev–Trinajstić information content (AvgIpc) is 2.86. The topological polar surface area (TPSA) is 82.7 Å². The van der Waals surface area contributed by atoms with Gasteiger partial charge in [-0.1, -0.05) is 6.92 Å². The Morgan fingerprint density at radius 2 is 2.19 bits per heavy atom. The molecule has 0 unspecified atom stereocenters. The molecule has 112 valence electrons. The van der Waals surface area contributed by atoms with Crippen LogP contribution in [0.15, 0.2) is 6.20 Å². The summed E-state index contributed by atoms with van der Waals surface area (Å²) in [5, 5.41) is 17.2. The van der Waals surface area contributed by atoms with Gasteiger partial charge in [0.2, 0.25) is 0 Å². The highest BCUT2D eigenvalue weighted by Crippen LogP contribution is 2.19. The van der Waals surface area contributed by atoms with Crippen molar-refractivity contribution < 1.29 is 0 Å². The van der Waals surface area contributed by atoms with E-state index in [0.29, 0.717) is 13.0 Å². The van der Waals surface area contributed by atoms with Gasteiger partial charge in [0.15, 0.2) is 5.65 Å². The van der Waals surface area contributed by atoms with Gasteiger partial charge in [0.25, 0.3) is 0 Å². The predicted octanol–water partition coefficient (Wildman–Crippen LogP) is 1.53. The summed E-state index contributed by atoms with van der Waals surface area (Å²) in [6.07, 6.45) is 2.30. The molecule has 0 aliphatic carbocycles. The number of nitrogens with zero attached hydrogens (tertiary/aromatic N) is 6.